The van der Waals surface area contributed by atoms with Gasteiger partial charge in [-0.15, -0.1) is 0 Å². The van der Waals surface area contributed by atoms with Crippen LogP contribution in [-0.2, 0) is 16.0 Å². The number of rotatable bonds is 4. The van der Waals surface area contributed by atoms with E-state index >= 15 is 0 Å². The quantitative estimate of drug-likeness (QED) is 0.350. The van der Waals surface area contributed by atoms with Crippen LogP contribution in [-0.4, -0.2) is 95.7 Å². The third kappa shape index (κ3) is 3.74. The van der Waals surface area contributed by atoms with Gasteiger partial charge in [0.1, 0.15) is 22.8 Å². The number of ketones is 2. The molecule has 0 saturated carbocycles. The lowest BCUT2D eigenvalue weighted by molar-refractivity contribution is -0.148. The minimum atomic E-state index is -2.64. The Labute approximate surface area is 226 Å². The van der Waals surface area contributed by atoms with E-state index in [2.05, 4.69) is 0 Å². The molecular weight excluding hydrogens is 504 g/mol. The number of Topliss-reactive ketones (excluding diaryl/α,β-unsaturated/α-hetero) is 2. The largest absolute Gasteiger partial charge is 0.510 e. The van der Waals surface area contributed by atoms with Crippen molar-refractivity contribution in [1.82, 2.24) is 4.90 Å². The molecule has 11 nitrogen and oxygen atoms in total. The van der Waals surface area contributed by atoms with Crippen molar-refractivity contribution in [3.8, 4) is 5.75 Å². The van der Waals surface area contributed by atoms with Crippen molar-refractivity contribution in [3.63, 3.8) is 0 Å². The molecule has 1 fully saturated rings. The maximum absolute atomic E-state index is 14.1. The molecule has 0 radical (unpaired) electrons. The zero-order valence-corrected chi connectivity index (χ0v) is 22.7. The highest BCUT2D eigenvalue weighted by atomic mass is 16.3. The molecule has 11 heteroatoms. The Bertz CT molecular complexity index is 1340. The van der Waals surface area contributed by atoms with Gasteiger partial charge in [0.15, 0.2) is 11.4 Å². The molecule has 39 heavy (non-hydrogen) atoms. The van der Waals surface area contributed by atoms with E-state index in [1.54, 1.807) is 19.0 Å². The third-order valence-electron chi connectivity index (χ3n) is 8.86. The predicted octanol–water partition coefficient (Wildman–Crippen LogP) is 1.18. The molecule has 1 aromatic rings. The van der Waals surface area contributed by atoms with Gasteiger partial charge in [-0.2, -0.15) is 0 Å². The van der Waals surface area contributed by atoms with Crippen molar-refractivity contribution < 1.29 is 34.8 Å². The van der Waals surface area contributed by atoms with E-state index in [1.807, 2.05) is 30.0 Å². The number of aliphatic hydroxyl groups is 3. The molecule has 0 unspecified atom stereocenters. The molecule has 1 amide bonds. The minimum absolute atomic E-state index is 0.0440. The number of piperidine rings is 1. The Morgan fingerprint density at radius 1 is 1.08 bits per heavy atom. The normalized spacial score (nSPS) is 28.9. The summed E-state index contributed by atoms with van der Waals surface area (Å²) >= 11 is 0. The summed E-state index contributed by atoms with van der Waals surface area (Å²) < 4.78 is 0. The molecule has 1 heterocycles. The standard InChI is InChI=1S/C28H36N4O7/c1-30(2)16-12-17(32-8-6-5-7-9-32)22(33)19-14(16)10-13-11-15-21(31(3)4)24(35)20(27(29)38)26(37)28(15,39)25(36)18(13)23(19)34/h12-13,15,21,33,35-36,39H,5-11H2,1-4H3,(H2,29,38)/t13-,15-,21-,28-/m1/s1. The van der Waals surface area contributed by atoms with Gasteiger partial charge in [0.25, 0.3) is 5.91 Å². The molecular formula is C28H36N4O7. The summed E-state index contributed by atoms with van der Waals surface area (Å²) in [6, 6.07) is 0.875. The van der Waals surface area contributed by atoms with Gasteiger partial charge in [0.2, 0.25) is 5.78 Å². The van der Waals surface area contributed by atoms with Gasteiger partial charge in [0.05, 0.1) is 17.3 Å². The Morgan fingerprint density at radius 2 is 1.72 bits per heavy atom. The summed E-state index contributed by atoms with van der Waals surface area (Å²) in [5.41, 5.74) is 3.75. The van der Waals surface area contributed by atoms with E-state index in [9.17, 15) is 34.8 Å². The fourth-order valence-electron chi connectivity index (χ4n) is 7.06. The molecule has 1 aromatic carbocycles. The van der Waals surface area contributed by atoms with Gasteiger partial charge in [-0.1, -0.05) is 0 Å². The number of aliphatic hydroxyl groups excluding tert-OH is 2. The summed E-state index contributed by atoms with van der Waals surface area (Å²) in [6.45, 7) is 1.47. The van der Waals surface area contributed by atoms with Gasteiger partial charge < -0.3 is 36.0 Å². The Morgan fingerprint density at radius 3 is 2.28 bits per heavy atom. The number of hydrogen-bond donors (Lipinski definition) is 5. The first kappa shape index (κ1) is 27.0. The van der Waals surface area contributed by atoms with Crippen molar-refractivity contribution in [2.24, 2.45) is 17.6 Å². The van der Waals surface area contributed by atoms with Crippen LogP contribution in [0.15, 0.2) is 28.7 Å². The van der Waals surface area contributed by atoms with Gasteiger partial charge in [0, 0.05) is 44.4 Å². The monoisotopic (exact) mass is 540 g/mol. The second-order valence-corrected chi connectivity index (χ2v) is 11.5. The van der Waals surface area contributed by atoms with Crippen molar-refractivity contribution in [3.05, 3.63) is 39.9 Å². The molecule has 210 valence electrons. The lowest BCUT2D eigenvalue weighted by Gasteiger charge is -2.50. The predicted molar refractivity (Wildman–Crippen MR) is 144 cm³/mol. The van der Waals surface area contributed by atoms with E-state index in [4.69, 9.17) is 5.73 Å². The number of phenolic OH excluding ortho intramolecular Hbond substituents is 1. The number of phenols is 1. The smallest absolute Gasteiger partial charge is 0.255 e. The number of nitrogens with zero attached hydrogens (tertiary/aromatic N) is 3. The summed E-state index contributed by atoms with van der Waals surface area (Å²) in [5.74, 6) is -6.41. The molecule has 5 rings (SSSR count). The Balaban J connectivity index is 1.72. The number of hydrogen-bond acceptors (Lipinski definition) is 10. The molecule has 0 bridgehead atoms. The number of benzene rings is 1. The van der Waals surface area contributed by atoms with Crippen LogP contribution < -0.4 is 15.5 Å². The molecule has 1 aliphatic heterocycles. The molecule has 4 aliphatic rings. The summed E-state index contributed by atoms with van der Waals surface area (Å²) in [4.78, 5) is 45.2. The molecule has 4 atom stereocenters. The van der Waals surface area contributed by atoms with Crippen LogP contribution in [0.2, 0.25) is 0 Å². The second kappa shape index (κ2) is 9.27. The topological polar surface area (TPSA) is 168 Å². The number of amides is 1. The van der Waals surface area contributed by atoms with Crippen LogP contribution in [0, 0.1) is 11.8 Å². The first-order chi connectivity index (χ1) is 18.3. The molecule has 1 saturated heterocycles. The average molecular weight is 541 g/mol. The summed E-state index contributed by atoms with van der Waals surface area (Å²) in [7, 11) is 6.93. The van der Waals surface area contributed by atoms with Crippen LogP contribution in [0.1, 0.15) is 41.6 Å². The minimum Gasteiger partial charge on any atom is -0.510 e. The third-order valence-corrected chi connectivity index (χ3v) is 8.86. The molecule has 3 aliphatic carbocycles. The first-order valence-electron chi connectivity index (χ1n) is 13.3. The average Bonchev–Trinajstić information content (AvgIpc) is 2.86. The highest BCUT2D eigenvalue weighted by molar-refractivity contribution is 6.25. The van der Waals surface area contributed by atoms with E-state index < -0.39 is 58.0 Å². The van der Waals surface area contributed by atoms with Crippen LogP contribution in [0.4, 0.5) is 11.4 Å². The number of allylic oxidation sites excluding steroid dienone is 1. The maximum atomic E-state index is 14.1. The Hall–Kier alpha value is -3.57. The fourth-order valence-corrected chi connectivity index (χ4v) is 7.06. The fraction of sp³-hybridized carbons (Fsp3) is 0.536. The number of aromatic hydroxyl groups is 1. The van der Waals surface area contributed by atoms with Gasteiger partial charge in [-0.05, 0) is 63.7 Å². The van der Waals surface area contributed by atoms with Crippen LogP contribution >= 0.6 is 0 Å². The number of fused-ring (bicyclic) bond motifs is 3. The molecule has 0 aromatic heterocycles. The maximum Gasteiger partial charge on any atom is 0.255 e. The first-order valence-corrected chi connectivity index (χ1v) is 13.3. The molecule has 6 N–H and O–H groups in total. The van der Waals surface area contributed by atoms with Crippen molar-refractivity contribution in [2.45, 2.75) is 43.7 Å². The number of nitrogens with two attached hydrogens (primary N) is 1. The van der Waals surface area contributed by atoms with Crippen LogP contribution in [0.5, 0.6) is 5.75 Å². The van der Waals surface area contributed by atoms with Gasteiger partial charge in [-0.3, -0.25) is 19.3 Å². The summed E-state index contributed by atoms with van der Waals surface area (Å²) in [5, 5.41) is 45.6. The van der Waals surface area contributed by atoms with E-state index in [1.165, 1.54) is 0 Å². The number of likely N-dealkylation sites (N-methyl/N-ethyl adjacent to an activating group) is 1. The van der Waals surface area contributed by atoms with Gasteiger partial charge in [-0.25, -0.2) is 0 Å². The number of anilines is 2. The van der Waals surface area contributed by atoms with E-state index in [-0.39, 0.29) is 29.7 Å². The van der Waals surface area contributed by atoms with Crippen molar-refractivity contribution >= 4 is 28.8 Å². The number of carbonyl (C=O) groups excluding carboxylic acids is 3. The SMILES string of the molecule is CN(C)c1cc(N2CCCCC2)c(O)c2c1C[C@@H]1C[C@@H]3[C@@H](N(C)C)C(O)=C(C(N)=O)C(=O)[C@]3(O)C(O)=C1C2=O. The van der Waals surface area contributed by atoms with E-state index in [0.29, 0.717) is 11.3 Å². The highest BCUT2D eigenvalue weighted by Gasteiger charge is 2.63. The number of primary amides is 1. The second-order valence-electron chi connectivity index (χ2n) is 11.5. The van der Waals surface area contributed by atoms with Crippen LogP contribution in [0.3, 0.4) is 0 Å². The molecule has 0 spiro atoms. The zero-order chi connectivity index (χ0) is 28.5. The highest BCUT2D eigenvalue weighted by Crippen LogP contribution is 2.54. The zero-order valence-electron chi connectivity index (χ0n) is 22.7. The van der Waals surface area contributed by atoms with E-state index in [0.717, 1.165) is 38.0 Å². The van der Waals surface area contributed by atoms with Crippen molar-refractivity contribution in [1.29, 1.82) is 0 Å². The summed E-state index contributed by atoms with van der Waals surface area (Å²) in [6.07, 6.45) is 3.33. The lowest BCUT2D eigenvalue weighted by atomic mass is 9.58. The lowest BCUT2D eigenvalue weighted by Crippen LogP contribution is -2.63. The van der Waals surface area contributed by atoms with Gasteiger partial charge >= 0.3 is 0 Å². The number of carbonyl (C=O) groups is 3. The van der Waals surface area contributed by atoms with Crippen LogP contribution in [0.25, 0.3) is 0 Å². The Kier molecular flexibility index (Phi) is 6.42. The van der Waals surface area contributed by atoms with Crippen molar-refractivity contribution in [2.75, 3.05) is 51.1 Å².